The van der Waals surface area contributed by atoms with E-state index in [1.54, 1.807) is 11.0 Å². The van der Waals surface area contributed by atoms with Crippen LogP contribution in [0, 0.1) is 5.92 Å². The van der Waals surface area contributed by atoms with Crippen LogP contribution >= 0.6 is 0 Å². The van der Waals surface area contributed by atoms with Gasteiger partial charge in [0.1, 0.15) is 6.04 Å². The van der Waals surface area contributed by atoms with Gasteiger partial charge in [0, 0.05) is 62.9 Å². The second-order valence-corrected chi connectivity index (χ2v) is 11.2. The van der Waals surface area contributed by atoms with Crippen LogP contribution in [0.1, 0.15) is 58.3 Å². The number of nitrogens with one attached hydrogen (secondary N) is 4. The van der Waals surface area contributed by atoms with Crippen molar-refractivity contribution in [3.05, 3.63) is 64.2 Å². The van der Waals surface area contributed by atoms with Crippen LogP contribution < -0.4 is 21.3 Å². The van der Waals surface area contributed by atoms with E-state index in [0.29, 0.717) is 31.6 Å². The molecule has 1 atom stereocenters. The highest BCUT2D eigenvalue weighted by molar-refractivity contribution is 6.05. The van der Waals surface area contributed by atoms with Crippen molar-refractivity contribution in [3.63, 3.8) is 0 Å². The first-order chi connectivity index (χ1) is 19.4. The van der Waals surface area contributed by atoms with Crippen molar-refractivity contribution >= 4 is 29.3 Å². The molecule has 0 saturated carbocycles. The minimum Gasteiger partial charge on any atom is -0.383 e. The normalized spacial score (nSPS) is 21.2. The second kappa shape index (κ2) is 11.4. The summed E-state index contributed by atoms with van der Waals surface area (Å²) in [5, 5.41) is 12.1. The predicted octanol–water partition coefficient (Wildman–Crippen LogP) is 1.49. The zero-order valence-electron chi connectivity index (χ0n) is 22.6. The Morgan fingerprint density at radius 1 is 0.925 bits per heavy atom. The zero-order chi connectivity index (χ0) is 27.6. The molecule has 2 aromatic rings. The zero-order valence-corrected chi connectivity index (χ0v) is 22.6. The monoisotopic (exact) mass is 544 g/mol. The van der Waals surface area contributed by atoms with Gasteiger partial charge >= 0.3 is 0 Å². The summed E-state index contributed by atoms with van der Waals surface area (Å²) in [6, 6.07) is 11.7. The molecule has 40 heavy (non-hydrogen) atoms. The van der Waals surface area contributed by atoms with Gasteiger partial charge in [-0.3, -0.25) is 29.4 Å². The van der Waals surface area contributed by atoms with Gasteiger partial charge in [-0.25, -0.2) is 0 Å². The van der Waals surface area contributed by atoms with Gasteiger partial charge in [0.2, 0.25) is 17.7 Å². The van der Waals surface area contributed by atoms with E-state index in [1.807, 2.05) is 12.1 Å². The summed E-state index contributed by atoms with van der Waals surface area (Å²) in [5.41, 5.74) is 6.45. The molecular weight excluding hydrogens is 508 g/mol. The Labute approximate surface area is 233 Å². The maximum absolute atomic E-state index is 12.9. The number of nitrogens with zero attached hydrogens (tertiary/aromatic N) is 2. The molecule has 0 radical (unpaired) electrons. The van der Waals surface area contributed by atoms with Gasteiger partial charge in [-0.05, 0) is 72.8 Å². The number of amides is 4. The summed E-state index contributed by atoms with van der Waals surface area (Å²) in [6.45, 7) is 6.13. The molecule has 0 aliphatic carbocycles. The Hall–Kier alpha value is -3.76. The van der Waals surface area contributed by atoms with Gasteiger partial charge in [0.25, 0.3) is 5.91 Å². The molecule has 0 bridgehead atoms. The molecule has 1 unspecified atom stereocenters. The summed E-state index contributed by atoms with van der Waals surface area (Å²) in [7, 11) is 0. The molecule has 210 valence electrons. The molecule has 6 rings (SSSR count). The quantitative estimate of drug-likeness (QED) is 0.293. The molecule has 10 nitrogen and oxygen atoms in total. The second-order valence-electron chi connectivity index (χ2n) is 11.2. The third-order valence-corrected chi connectivity index (χ3v) is 8.54. The van der Waals surface area contributed by atoms with Gasteiger partial charge in [-0.1, -0.05) is 18.2 Å². The van der Waals surface area contributed by atoms with E-state index in [2.05, 4.69) is 44.4 Å². The molecule has 0 aromatic heterocycles. The molecule has 2 aromatic carbocycles. The van der Waals surface area contributed by atoms with Gasteiger partial charge < -0.3 is 20.9 Å². The minimum absolute atomic E-state index is 0.0461. The minimum atomic E-state index is -0.618. The standard InChI is InChI=1S/C30H36N6O4/c37-27-6-5-26(29(39)34-27)36-18-23-14-24(3-4-25(23)30(36)40)32-9-10-33-28(38)20-7-11-35(12-8-20)17-19-1-2-21-15-31-16-22(21)13-19/h1-4,13-14,20,26,31-32H,5-12,15-18H2,(H,33,38)(H,34,37,39). The number of rotatable bonds is 8. The Kier molecular flexibility index (Phi) is 7.53. The first kappa shape index (κ1) is 26.5. The number of piperidine rings is 2. The number of imide groups is 1. The number of fused-ring (bicyclic) bond motifs is 2. The molecule has 4 aliphatic heterocycles. The molecule has 4 amide bonds. The predicted molar refractivity (Wildman–Crippen MR) is 149 cm³/mol. The molecule has 4 aliphatic rings. The van der Waals surface area contributed by atoms with Crippen LogP contribution in [-0.2, 0) is 40.6 Å². The highest BCUT2D eigenvalue weighted by Gasteiger charge is 2.39. The third-order valence-electron chi connectivity index (χ3n) is 8.54. The van der Waals surface area contributed by atoms with Crippen molar-refractivity contribution in [2.24, 2.45) is 5.92 Å². The Morgan fingerprint density at radius 2 is 1.75 bits per heavy atom. The van der Waals surface area contributed by atoms with Crippen molar-refractivity contribution in [1.82, 2.24) is 25.8 Å². The summed E-state index contributed by atoms with van der Waals surface area (Å²) in [5.74, 6) is -0.722. The largest absolute Gasteiger partial charge is 0.383 e. The highest BCUT2D eigenvalue weighted by Crippen LogP contribution is 2.29. The third kappa shape index (κ3) is 5.59. The average molecular weight is 545 g/mol. The number of carbonyl (C=O) groups is 4. The van der Waals surface area contributed by atoms with Crippen LogP contribution in [0.15, 0.2) is 36.4 Å². The fourth-order valence-corrected chi connectivity index (χ4v) is 6.28. The van der Waals surface area contributed by atoms with Crippen LogP contribution in [0.5, 0.6) is 0 Å². The Balaban J connectivity index is 0.922. The van der Waals surface area contributed by atoms with Crippen molar-refractivity contribution < 1.29 is 19.2 Å². The van der Waals surface area contributed by atoms with E-state index in [0.717, 1.165) is 56.8 Å². The van der Waals surface area contributed by atoms with E-state index in [-0.39, 0.29) is 30.1 Å². The number of hydrogen-bond acceptors (Lipinski definition) is 7. The Morgan fingerprint density at radius 3 is 2.58 bits per heavy atom. The molecule has 4 heterocycles. The smallest absolute Gasteiger partial charge is 0.255 e. The van der Waals surface area contributed by atoms with Crippen molar-refractivity contribution in [1.29, 1.82) is 0 Å². The summed E-state index contributed by atoms with van der Waals surface area (Å²) in [4.78, 5) is 53.3. The van der Waals surface area contributed by atoms with Crippen LogP contribution in [0.25, 0.3) is 0 Å². The number of hydrogen-bond donors (Lipinski definition) is 4. The average Bonchev–Trinajstić information content (AvgIpc) is 3.55. The lowest BCUT2D eigenvalue weighted by Gasteiger charge is -2.31. The SMILES string of the molecule is O=C1CCC(N2Cc3cc(NCCNC(=O)C4CCN(Cc5ccc6c(c5)CNC6)CC4)ccc3C2=O)C(=O)N1. The molecule has 2 saturated heterocycles. The topological polar surface area (TPSA) is 123 Å². The lowest BCUT2D eigenvalue weighted by molar-refractivity contribution is -0.137. The molecule has 2 fully saturated rings. The number of carbonyl (C=O) groups excluding carboxylic acids is 4. The van der Waals surface area contributed by atoms with Gasteiger partial charge in [0.15, 0.2) is 0 Å². The Bertz CT molecular complexity index is 1340. The van der Waals surface area contributed by atoms with E-state index in [1.165, 1.54) is 16.7 Å². The summed E-state index contributed by atoms with van der Waals surface area (Å²) >= 11 is 0. The van der Waals surface area contributed by atoms with Gasteiger partial charge in [-0.15, -0.1) is 0 Å². The van der Waals surface area contributed by atoms with Crippen molar-refractivity contribution in [2.45, 2.75) is 57.9 Å². The maximum Gasteiger partial charge on any atom is 0.255 e. The number of likely N-dealkylation sites (tertiary alicyclic amines) is 1. The van der Waals surface area contributed by atoms with Crippen molar-refractivity contribution in [2.75, 3.05) is 31.5 Å². The fourth-order valence-electron chi connectivity index (χ4n) is 6.28. The van der Waals surface area contributed by atoms with E-state index >= 15 is 0 Å². The van der Waals surface area contributed by atoms with E-state index in [9.17, 15) is 19.2 Å². The summed E-state index contributed by atoms with van der Waals surface area (Å²) < 4.78 is 0. The summed E-state index contributed by atoms with van der Waals surface area (Å²) in [6.07, 6.45) is 2.32. The van der Waals surface area contributed by atoms with Crippen LogP contribution in [0.2, 0.25) is 0 Å². The van der Waals surface area contributed by atoms with Crippen LogP contribution in [0.3, 0.4) is 0 Å². The first-order valence-electron chi connectivity index (χ1n) is 14.3. The maximum atomic E-state index is 12.9. The molecule has 4 N–H and O–H groups in total. The molecule has 10 heteroatoms. The van der Waals surface area contributed by atoms with Gasteiger partial charge in [-0.2, -0.15) is 0 Å². The van der Waals surface area contributed by atoms with Crippen molar-refractivity contribution in [3.8, 4) is 0 Å². The van der Waals surface area contributed by atoms with E-state index in [4.69, 9.17) is 0 Å². The number of anilines is 1. The van der Waals surface area contributed by atoms with E-state index < -0.39 is 11.9 Å². The number of benzene rings is 2. The van der Waals surface area contributed by atoms with Gasteiger partial charge in [0.05, 0.1) is 0 Å². The lowest BCUT2D eigenvalue weighted by atomic mass is 9.95. The lowest BCUT2D eigenvalue weighted by Crippen LogP contribution is -2.52. The highest BCUT2D eigenvalue weighted by atomic mass is 16.2. The van der Waals surface area contributed by atoms with Crippen LogP contribution in [-0.4, -0.2) is 65.6 Å². The first-order valence-corrected chi connectivity index (χ1v) is 14.3. The molecule has 0 spiro atoms. The van der Waals surface area contributed by atoms with Crippen LogP contribution in [0.4, 0.5) is 5.69 Å². The fraction of sp³-hybridized carbons (Fsp3) is 0.467. The molecular formula is C30H36N6O4.